The number of hydrogen-bond acceptors (Lipinski definition) is 0. The molecule has 1 heteroatoms. The number of hydrogen-bond donors (Lipinski definition) is 0. The first-order valence-corrected chi connectivity index (χ1v) is 4.82. The molecular formula is C8H13I. The van der Waals surface area contributed by atoms with E-state index in [1.54, 1.807) is 3.58 Å². The van der Waals surface area contributed by atoms with E-state index in [9.17, 15) is 0 Å². The van der Waals surface area contributed by atoms with Gasteiger partial charge in [-0.2, -0.15) is 0 Å². The summed E-state index contributed by atoms with van der Waals surface area (Å²) in [5.41, 5.74) is 0. The van der Waals surface area contributed by atoms with Crippen LogP contribution in [0.3, 0.4) is 0 Å². The lowest BCUT2D eigenvalue weighted by molar-refractivity contribution is 0.636. The van der Waals surface area contributed by atoms with Crippen molar-refractivity contribution in [3.8, 4) is 0 Å². The average molecular weight is 236 g/mol. The third-order valence-corrected chi connectivity index (χ3v) is 2.72. The van der Waals surface area contributed by atoms with Crippen LogP contribution in [-0.2, 0) is 0 Å². The zero-order valence-electron chi connectivity index (χ0n) is 5.70. The Bertz CT molecular complexity index is 105. The molecule has 1 aliphatic rings. The molecular weight excluding hydrogens is 223 g/mol. The highest BCUT2D eigenvalue weighted by Gasteiger charge is 1.96. The standard InChI is InChI=1S/C8H13I/c9-8-6-4-2-1-3-5-7-8/h6H,1-5,7H2/b8-6+. The lowest BCUT2D eigenvalue weighted by Gasteiger charge is -2.04. The summed E-state index contributed by atoms with van der Waals surface area (Å²) in [5, 5.41) is 0. The van der Waals surface area contributed by atoms with E-state index in [4.69, 9.17) is 0 Å². The molecule has 0 N–H and O–H groups in total. The summed E-state index contributed by atoms with van der Waals surface area (Å²) in [5.74, 6) is 0. The monoisotopic (exact) mass is 236 g/mol. The zero-order valence-corrected chi connectivity index (χ0v) is 7.86. The topological polar surface area (TPSA) is 0 Å². The molecule has 0 fully saturated rings. The molecule has 1 aliphatic carbocycles. The predicted octanol–water partition coefficient (Wildman–Crippen LogP) is 3.66. The van der Waals surface area contributed by atoms with Gasteiger partial charge in [0.25, 0.3) is 0 Å². The lowest BCUT2D eigenvalue weighted by atomic mass is 10.1. The van der Waals surface area contributed by atoms with Gasteiger partial charge >= 0.3 is 0 Å². The molecule has 0 heterocycles. The minimum absolute atomic E-state index is 1.32. The lowest BCUT2D eigenvalue weighted by Crippen LogP contribution is -1.83. The summed E-state index contributed by atoms with van der Waals surface area (Å²) in [6, 6.07) is 0. The Hall–Kier alpha value is 0.470. The quantitative estimate of drug-likeness (QED) is 0.563. The number of rotatable bonds is 0. The predicted molar refractivity (Wildman–Crippen MR) is 49.8 cm³/mol. The van der Waals surface area contributed by atoms with Gasteiger partial charge in [0.2, 0.25) is 0 Å². The molecule has 0 spiro atoms. The zero-order chi connectivity index (χ0) is 6.53. The fraction of sp³-hybridized carbons (Fsp3) is 0.750. The van der Waals surface area contributed by atoms with Crippen LogP contribution >= 0.6 is 22.6 Å². The highest BCUT2D eigenvalue weighted by Crippen LogP contribution is 2.20. The second-order valence-corrected chi connectivity index (χ2v) is 3.99. The third-order valence-electron chi connectivity index (χ3n) is 1.74. The van der Waals surface area contributed by atoms with Gasteiger partial charge < -0.3 is 0 Å². The molecule has 1 rings (SSSR count). The highest BCUT2D eigenvalue weighted by molar-refractivity contribution is 14.1. The molecule has 0 nitrogen and oxygen atoms in total. The summed E-state index contributed by atoms with van der Waals surface area (Å²) in [4.78, 5) is 0. The van der Waals surface area contributed by atoms with Gasteiger partial charge in [0, 0.05) is 0 Å². The summed E-state index contributed by atoms with van der Waals surface area (Å²) >= 11 is 2.46. The van der Waals surface area contributed by atoms with Gasteiger partial charge in [-0.1, -0.05) is 18.9 Å². The van der Waals surface area contributed by atoms with E-state index >= 15 is 0 Å². The van der Waals surface area contributed by atoms with Crippen LogP contribution in [0.4, 0.5) is 0 Å². The summed E-state index contributed by atoms with van der Waals surface area (Å²) < 4.78 is 1.58. The van der Waals surface area contributed by atoms with E-state index in [-0.39, 0.29) is 0 Å². The van der Waals surface area contributed by atoms with Crippen LogP contribution in [0.1, 0.15) is 38.5 Å². The van der Waals surface area contributed by atoms with Crippen LogP contribution in [-0.4, -0.2) is 0 Å². The van der Waals surface area contributed by atoms with E-state index < -0.39 is 0 Å². The van der Waals surface area contributed by atoms with Gasteiger partial charge in [0.05, 0.1) is 0 Å². The van der Waals surface area contributed by atoms with Gasteiger partial charge in [-0.15, -0.1) is 0 Å². The molecule has 52 valence electrons. The molecule has 9 heavy (non-hydrogen) atoms. The molecule has 0 radical (unpaired) electrons. The van der Waals surface area contributed by atoms with Crippen LogP contribution in [0.2, 0.25) is 0 Å². The van der Waals surface area contributed by atoms with E-state index in [2.05, 4.69) is 28.7 Å². The van der Waals surface area contributed by atoms with Gasteiger partial charge in [-0.05, 0) is 51.9 Å². The minimum Gasteiger partial charge on any atom is -0.0752 e. The highest BCUT2D eigenvalue weighted by atomic mass is 127. The molecule has 0 atom stereocenters. The molecule has 0 saturated carbocycles. The largest absolute Gasteiger partial charge is 0.0752 e. The van der Waals surface area contributed by atoms with Crippen molar-refractivity contribution in [3.63, 3.8) is 0 Å². The fourth-order valence-electron chi connectivity index (χ4n) is 1.15. The maximum atomic E-state index is 2.46. The molecule has 0 aromatic rings. The van der Waals surface area contributed by atoms with E-state index in [0.717, 1.165) is 0 Å². The van der Waals surface area contributed by atoms with E-state index in [1.807, 2.05) is 0 Å². The molecule has 0 amide bonds. The van der Waals surface area contributed by atoms with Gasteiger partial charge in [-0.25, -0.2) is 0 Å². The van der Waals surface area contributed by atoms with Gasteiger partial charge in [0.15, 0.2) is 0 Å². The second kappa shape index (κ2) is 4.31. The van der Waals surface area contributed by atoms with Crippen molar-refractivity contribution < 1.29 is 0 Å². The average Bonchev–Trinajstić information content (AvgIpc) is 1.79. The molecule has 0 aromatic carbocycles. The van der Waals surface area contributed by atoms with Gasteiger partial charge in [-0.3, -0.25) is 0 Å². The second-order valence-electron chi connectivity index (χ2n) is 2.60. The number of halogens is 1. The first kappa shape index (κ1) is 7.58. The Labute approximate surface area is 70.9 Å². The SMILES string of the molecule is I/C1=C/CCCCCC1. The molecule has 0 saturated heterocycles. The summed E-state index contributed by atoms with van der Waals surface area (Å²) in [6.07, 6.45) is 10.8. The van der Waals surface area contributed by atoms with E-state index in [0.29, 0.717) is 0 Å². The summed E-state index contributed by atoms with van der Waals surface area (Å²) in [7, 11) is 0. The van der Waals surface area contributed by atoms with Crippen molar-refractivity contribution in [2.24, 2.45) is 0 Å². The Morgan fingerprint density at radius 2 is 1.89 bits per heavy atom. The van der Waals surface area contributed by atoms with Crippen LogP contribution < -0.4 is 0 Å². The first-order chi connectivity index (χ1) is 4.39. The van der Waals surface area contributed by atoms with Crippen LogP contribution in [0, 0.1) is 0 Å². The normalized spacial score (nSPS) is 27.9. The molecule has 0 bridgehead atoms. The van der Waals surface area contributed by atoms with Crippen LogP contribution in [0.5, 0.6) is 0 Å². The Morgan fingerprint density at radius 3 is 2.78 bits per heavy atom. The molecule has 0 unspecified atom stereocenters. The van der Waals surface area contributed by atoms with Crippen molar-refractivity contribution in [3.05, 3.63) is 9.66 Å². The fourth-order valence-corrected chi connectivity index (χ4v) is 1.85. The smallest absolute Gasteiger partial charge is 0.0134 e. The maximum absolute atomic E-state index is 2.46. The van der Waals surface area contributed by atoms with Crippen molar-refractivity contribution in [2.45, 2.75) is 38.5 Å². The van der Waals surface area contributed by atoms with E-state index in [1.165, 1.54) is 38.5 Å². The van der Waals surface area contributed by atoms with Crippen molar-refractivity contribution in [2.75, 3.05) is 0 Å². The van der Waals surface area contributed by atoms with Crippen molar-refractivity contribution >= 4 is 22.6 Å². The summed E-state index contributed by atoms with van der Waals surface area (Å²) in [6.45, 7) is 0. The third kappa shape index (κ3) is 3.23. The number of allylic oxidation sites excluding steroid dienone is 2. The van der Waals surface area contributed by atoms with Crippen LogP contribution in [0.15, 0.2) is 9.66 Å². The minimum atomic E-state index is 1.32. The van der Waals surface area contributed by atoms with Gasteiger partial charge in [0.1, 0.15) is 0 Å². The first-order valence-electron chi connectivity index (χ1n) is 3.74. The Morgan fingerprint density at radius 1 is 1.11 bits per heavy atom. The Kier molecular flexibility index (Phi) is 3.63. The molecule has 0 aliphatic heterocycles. The molecule has 0 aromatic heterocycles. The van der Waals surface area contributed by atoms with Crippen LogP contribution in [0.25, 0.3) is 0 Å². The maximum Gasteiger partial charge on any atom is -0.0134 e. The van der Waals surface area contributed by atoms with Crippen molar-refractivity contribution in [1.82, 2.24) is 0 Å². The van der Waals surface area contributed by atoms with Crippen molar-refractivity contribution in [1.29, 1.82) is 0 Å². The Balaban J connectivity index is 2.32.